The van der Waals surface area contributed by atoms with Crippen LogP contribution in [-0.4, -0.2) is 40.7 Å². The average Bonchev–Trinajstić information content (AvgIpc) is 3.45. The van der Waals surface area contributed by atoms with Crippen molar-refractivity contribution in [1.82, 2.24) is 9.78 Å². The highest BCUT2D eigenvalue weighted by Gasteiger charge is 2.38. The first-order chi connectivity index (χ1) is 13.9. The van der Waals surface area contributed by atoms with Crippen molar-refractivity contribution in [2.75, 3.05) is 13.2 Å². The molecule has 0 saturated heterocycles. The lowest BCUT2D eigenvalue weighted by atomic mass is 10.1. The van der Waals surface area contributed by atoms with Gasteiger partial charge in [-0.15, -0.1) is 0 Å². The Labute approximate surface area is 167 Å². The van der Waals surface area contributed by atoms with Crippen LogP contribution < -0.4 is 0 Å². The maximum atomic E-state index is 13.8. The van der Waals surface area contributed by atoms with Gasteiger partial charge in [-0.2, -0.15) is 5.10 Å². The molecule has 0 bridgehead atoms. The van der Waals surface area contributed by atoms with Gasteiger partial charge in [0.15, 0.2) is 17.2 Å². The first kappa shape index (κ1) is 20.7. The number of ether oxygens (including phenoxy) is 2. The highest BCUT2D eigenvalue weighted by atomic mass is 19.1. The number of hydrogen-bond acceptors (Lipinski definition) is 6. The SMILES string of the molecule is CCOC(=O)c1nn(CC(=O)c2ccc(C)c(F)c2)c(C(=O)OCC)c1C1CC1. The Hall–Kier alpha value is -3.03. The fourth-order valence-corrected chi connectivity index (χ4v) is 3.11. The monoisotopic (exact) mass is 402 g/mol. The van der Waals surface area contributed by atoms with Crippen LogP contribution in [0.5, 0.6) is 0 Å². The minimum absolute atomic E-state index is 0.00511. The molecule has 7 nitrogen and oxygen atoms in total. The Morgan fingerprint density at radius 1 is 1.14 bits per heavy atom. The Bertz CT molecular complexity index is 962. The third-order valence-corrected chi connectivity index (χ3v) is 4.70. The van der Waals surface area contributed by atoms with Crippen LogP contribution in [0.2, 0.25) is 0 Å². The molecule has 1 aromatic carbocycles. The van der Waals surface area contributed by atoms with Gasteiger partial charge >= 0.3 is 11.9 Å². The molecule has 0 N–H and O–H groups in total. The molecule has 8 heteroatoms. The number of aryl methyl sites for hydroxylation is 1. The molecule has 1 heterocycles. The summed E-state index contributed by atoms with van der Waals surface area (Å²) in [7, 11) is 0. The zero-order chi connectivity index (χ0) is 21.1. The average molecular weight is 402 g/mol. The Morgan fingerprint density at radius 3 is 2.38 bits per heavy atom. The number of rotatable bonds is 8. The molecule has 0 aliphatic heterocycles. The molecule has 3 rings (SSSR count). The van der Waals surface area contributed by atoms with Crippen molar-refractivity contribution in [1.29, 1.82) is 0 Å². The summed E-state index contributed by atoms with van der Waals surface area (Å²) in [4.78, 5) is 37.7. The van der Waals surface area contributed by atoms with E-state index in [1.807, 2.05) is 0 Å². The third kappa shape index (κ3) is 4.36. The Morgan fingerprint density at radius 2 is 1.79 bits per heavy atom. The van der Waals surface area contributed by atoms with Crippen LogP contribution in [0.4, 0.5) is 4.39 Å². The first-order valence-corrected chi connectivity index (χ1v) is 9.61. The van der Waals surface area contributed by atoms with E-state index in [1.165, 1.54) is 16.8 Å². The summed E-state index contributed by atoms with van der Waals surface area (Å²) < 4.78 is 25.2. The lowest BCUT2D eigenvalue weighted by Crippen LogP contribution is -2.19. The smallest absolute Gasteiger partial charge is 0.359 e. The molecule has 1 aliphatic carbocycles. The first-order valence-electron chi connectivity index (χ1n) is 9.61. The van der Waals surface area contributed by atoms with E-state index in [4.69, 9.17) is 9.47 Å². The second kappa shape index (κ2) is 8.55. The van der Waals surface area contributed by atoms with Crippen molar-refractivity contribution in [3.05, 3.63) is 52.1 Å². The zero-order valence-corrected chi connectivity index (χ0v) is 16.7. The van der Waals surface area contributed by atoms with Crippen molar-refractivity contribution >= 4 is 17.7 Å². The number of ketones is 1. The largest absolute Gasteiger partial charge is 0.461 e. The Kier molecular flexibility index (Phi) is 6.10. The van der Waals surface area contributed by atoms with E-state index >= 15 is 0 Å². The second-order valence-electron chi connectivity index (χ2n) is 6.87. The third-order valence-electron chi connectivity index (χ3n) is 4.70. The number of esters is 2. The molecular formula is C21H23FN2O5. The molecule has 2 aromatic rings. The number of aromatic nitrogens is 2. The molecule has 154 valence electrons. The molecule has 0 atom stereocenters. The van der Waals surface area contributed by atoms with Gasteiger partial charge in [-0.1, -0.05) is 12.1 Å². The summed E-state index contributed by atoms with van der Waals surface area (Å²) in [6, 6.07) is 4.18. The van der Waals surface area contributed by atoms with Crippen LogP contribution >= 0.6 is 0 Å². The van der Waals surface area contributed by atoms with Gasteiger partial charge in [0.2, 0.25) is 0 Å². The minimum atomic E-state index is -0.652. The predicted octanol–water partition coefficient (Wildman–Crippen LogP) is 3.44. The van der Waals surface area contributed by atoms with Crippen LogP contribution in [-0.2, 0) is 16.0 Å². The number of carbonyl (C=O) groups is 3. The van der Waals surface area contributed by atoms with Crippen molar-refractivity contribution in [2.24, 2.45) is 0 Å². The number of nitrogens with zero attached hydrogens (tertiary/aromatic N) is 2. The van der Waals surface area contributed by atoms with E-state index in [2.05, 4.69) is 5.10 Å². The molecule has 0 spiro atoms. The van der Waals surface area contributed by atoms with Gasteiger partial charge in [0, 0.05) is 11.1 Å². The lowest BCUT2D eigenvalue weighted by molar-refractivity contribution is 0.0505. The highest BCUT2D eigenvalue weighted by molar-refractivity contribution is 5.99. The molecule has 1 aromatic heterocycles. The topological polar surface area (TPSA) is 87.5 Å². The van der Waals surface area contributed by atoms with Gasteiger partial charge in [0.05, 0.1) is 13.2 Å². The number of halogens is 1. The molecule has 1 fully saturated rings. The number of hydrogen-bond donors (Lipinski definition) is 0. The minimum Gasteiger partial charge on any atom is -0.461 e. The lowest BCUT2D eigenvalue weighted by Gasteiger charge is -2.09. The van der Waals surface area contributed by atoms with E-state index in [0.717, 1.165) is 18.9 Å². The number of carbonyl (C=O) groups excluding carboxylic acids is 3. The zero-order valence-electron chi connectivity index (χ0n) is 16.7. The van der Waals surface area contributed by atoms with Crippen molar-refractivity contribution < 1.29 is 28.2 Å². The summed E-state index contributed by atoms with van der Waals surface area (Å²) in [6.45, 7) is 4.92. The van der Waals surface area contributed by atoms with E-state index in [0.29, 0.717) is 11.1 Å². The molecule has 1 aliphatic rings. The Balaban J connectivity index is 2.02. The van der Waals surface area contributed by atoms with E-state index in [9.17, 15) is 18.8 Å². The maximum absolute atomic E-state index is 13.8. The number of Topliss-reactive ketones (excluding diaryl/α,β-unsaturated/α-hetero) is 1. The second-order valence-corrected chi connectivity index (χ2v) is 6.87. The fraction of sp³-hybridized carbons (Fsp3) is 0.429. The van der Waals surface area contributed by atoms with Crippen LogP contribution in [0.25, 0.3) is 0 Å². The standard InChI is InChI=1S/C21H23FN2O5/c1-4-28-20(26)18-17(13-8-9-13)19(21(27)29-5-2)24(23-18)11-16(25)14-7-6-12(3)15(22)10-14/h6-7,10,13H,4-5,8-9,11H2,1-3H3. The summed E-state index contributed by atoms with van der Waals surface area (Å²) in [6.07, 6.45) is 1.61. The van der Waals surface area contributed by atoms with Crippen LogP contribution in [0.15, 0.2) is 18.2 Å². The van der Waals surface area contributed by atoms with Gasteiger partial charge in [-0.25, -0.2) is 18.7 Å². The van der Waals surface area contributed by atoms with E-state index in [-0.39, 0.29) is 42.6 Å². The molecular weight excluding hydrogens is 379 g/mol. The molecule has 1 saturated carbocycles. The van der Waals surface area contributed by atoms with Crippen molar-refractivity contribution in [2.45, 2.75) is 46.1 Å². The van der Waals surface area contributed by atoms with Crippen LogP contribution in [0, 0.1) is 12.7 Å². The summed E-state index contributed by atoms with van der Waals surface area (Å²) >= 11 is 0. The van der Waals surface area contributed by atoms with E-state index < -0.39 is 23.5 Å². The van der Waals surface area contributed by atoms with Gasteiger partial charge in [-0.3, -0.25) is 4.79 Å². The summed E-state index contributed by atoms with van der Waals surface area (Å²) in [5.41, 5.74) is 1.15. The van der Waals surface area contributed by atoms with Crippen LogP contribution in [0.3, 0.4) is 0 Å². The summed E-state index contributed by atoms with van der Waals surface area (Å²) in [5, 5.41) is 4.23. The number of benzene rings is 1. The quantitative estimate of drug-likeness (QED) is 0.497. The fourth-order valence-electron chi connectivity index (χ4n) is 3.11. The summed E-state index contributed by atoms with van der Waals surface area (Å²) in [5.74, 6) is -2.23. The molecule has 0 unspecified atom stereocenters. The van der Waals surface area contributed by atoms with Crippen molar-refractivity contribution in [3.8, 4) is 0 Å². The van der Waals surface area contributed by atoms with Gasteiger partial charge in [-0.05, 0) is 51.2 Å². The molecule has 0 amide bonds. The van der Waals surface area contributed by atoms with Gasteiger partial charge < -0.3 is 9.47 Å². The van der Waals surface area contributed by atoms with E-state index in [1.54, 1.807) is 20.8 Å². The predicted molar refractivity (Wildman–Crippen MR) is 102 cm³/mol. The molecule has 29 heavy (non-hydrogen) atoms. The highest BCUT2D eigenvalue weighted by Crippen LogP contribution is 2.44. The van der Waals surface area contributed by atoms with Gasteiger partial charge in [0.1, 0.15) is 12.4 Å². The maximum Gasteiger partial charge on any atom is 0.359 e. The van der Waals surface area contributed by atoms with Crippen molar-refractivity contribution in [3.63, 3.8) is 0 Å². The van der Waals surface area contributed by atoms with Crippen LogP contribution in [0.1, 0.15) is 75.1 Å². The normalized spacial score (nSPS) is 13.2. The molecule has 0 radical (unpaired) electrons. The van der Waals surface area contributed by atoms with Gasteiger partial charge in [0.25, 0.3) is 0 Å².